The molecule has 19 heavy (non-hydrogen) atoms. The van der Waals surface area contributed by atoms with E-state index in [0.29, 0.717) is 0 Å². The zero-order chi connectivity index (χ0) is 13.8. The molecular weight excluding hydrogens is 327 g/mol. The summed E-state index contributed by atoms with van der Waals surface area (Å²) in [6, 6.07) is 12.3. The molecule has 2 aromatic rings. The summed E-state index contributed by atoms with van der Waals surface area (Å²) in [5.74, 6) is -0.400. The molecule has 0 N–H and O–H groups in total. The summed E-state index contributed by atoms with van der Waals surface area (Å²) in [5.41, 5.74) is 1.06. The molecular formula is C15H12BrFOS. The summed E-state index contributed by atoms with van der Waals surface area (Å²) >= 11 is 4.76. The van der Waals surface area contributed by atoms with Gasteiger partial charge < -0.3 is 0 Å². The largest absolute Gasteiger partial charge is 0.293 e. The first kappa shape index (κ1) is 14.3. The van der Waals surface area contributed by atoms with Crippen LogP contribution in [0.3, 0.4) is 0 Å². The third-order valence-corrected chi connectivity index (χ3v) is 4.15. The molecule has 2 aromatic carbocycles. The molecule has 0 aliphatic carbocycles. The maximum Gasteiger partial charge on any atom is 0.176 e. The second-order valence-corrected chi connectivity index (χ2v) is 6.11. The highest BCUT2D eigenvalue weighted by Gasteiger charge is 2.12. The van der Waals surface area contributed by atoms with Crippen molar-refractivity contribution in [2.45, 2.75) is 11.8 Å². The summed E-state index contributed by atoms with van der Waals surface area (Å²) in [6.45, 7) is 1.85. The number of aryl methyl sites for hydroxylation is 1. The van der Waals surface area contributed by atoms with Crippen molar-refractivity contribution in [3.05, 3.63) is 63.9 Å². The molecule has 0 aliphatic heterocycles. The number of benzene rings is 2. The van der Waals surface area contributed by atoms with Gasteiger partial charge in [0.2, 0.25) is 0 Å². The number of carbonyl (C=O) groups excluding carboxylic acids is 1. The standard InChI is InChI=1S/C15H12BrFOS/c1-10-2-7-14(17)13(8-10)15(18)9-19-12-5-3-11(16)4-6-12/h2-8H,9H2,1H3. The number of carbonyl (C=O) groups is 1. The first-order chi connectivity index (χ1) is 9.06. The lowest BCUT2D eigenvalue weighted by molar-refractivity contribution is 0.101. The summed E-state index contributed by atoms with van der Waals surface area (Å²) < 4.78 is 14.6. The van der Waals surface area contributed by atoms with Crippen molar-refractivity contribution in [1.29, 1.82) is 0 Å². The monoisotopic (exact) mass is 338 g/mol. The molecule has 0 radical (unpaired) electrons. The summed E-state index contributed by atoms with van der Waals surface area (Å²) in [7, 11) is 0. The Labute approximate surface area is 124 Å². The first-order valence-electron chi connectivity index (χ1n) is 5.74. The Morgan fingerprint density at radius 3 is 2.58 bits per heavy atom. The van der Waals surface area contributed by atoms with Crippen molar-refractivity contribution < 1.29 is 9.18 Å². The Kier molecular flexibility index (Phi) is 4.77. The highest BCUT2D eigenvalue weighted by atomic mass is 79.9. The summed E-state index contributed by atoms with van der Waals surface area (Å²) in [4.78, 5) is 13.0. The minimum absolute atomic E-state index is 0.171. The predicted octanol–water partition coefficient (Wildman–Crippen LogP) is 4.87. The van der Waals surface area contributed by atoms with Crippen LogP contribution in [-0.2, 0) is 0 Å². The molecule has 0 bridgehead atoms. The van der Waals surface area contributed by atoms with Crippen LogP contribution in [0.1, 0.15) is 15.9 Å². The molecule has 0 heterocycles. The van der Waals surface area contributed by atoms with E-state index in [1.807, 2.05) is 31.2 Å². The van der Waals surface area contributed by atoms with Crippen LogP contribution < -0.4 is 0 Å². The third-order valence-electron chi connectivity index (χ3n) is 2.61. The van der Waals surface area contributed by atoms with Gasteiger partial charge >= 0.3 is 0 Å². The molecule has 0 aromatic heterocycles. The van der Waals surface area contributed by atoms with Crippen molar-refractivity contribution in [2.24, 2.45) is 0 Å². The predicted molar refractivity (Wildman–Crippen MR) is 80.3 cm³/mol. The Morgan fingerprint density at radius 1 is 1.21 bits per heavy atom. The molecule has 4 heteroatoms. The smallest absolute Gasteiger partial charge is 0.176 e. The fraction of sp³-hybridized carbons (Fsp3) is 0.133. The number of ketones is 1. The molecule has 2 rings (SSSR count). The highest BCUT2D eigenvalue weighted by molar-refractivity contribution is 9.10. The van der Waals surface area contributed by atoms with Crippen LogP contribution in [0.15, 0.2) is 51.8 Å². The molecule has 0 fully saturated rings. The van der Waals surface area contributed by atoms with Gasteiger partial charge in [0.05, 0.1) is 11.3 Å². The molecule has 1 nitrogen and oxygen atoms in total. The molecule has 0 saturated carbocycles. The molecule has 98 valence electrons. The summed E-state index contributed by atoms with van der Waals surface area (Å²) in [6.07, 6.45) is 0. The number of hydrogen-bond acceptors (Lipinski definition) is 2. The van der Waals surface area contributed by atoms with E-state index in [-0.39, 0.29) is 17.1 Å². The van der Waals surface area contributed by atoms with Crippen LogP contribution in [0.4, 0.5) is 4.39 Å². The Bertz CT molecular complexity index is 596. The topological polar surface area (TPSA) is 17.1 Å². The van der Waals surface area contributed by atoms with Crippen LogP contribution in [0, 0.1) is 12.7 Å². The molecule has 0 unspecified atom stereocenters. The number of Topliss-reactive ketones (excluding diaryl/α,β-unsaturated/α-hetero) is 1. The van der Waals surface area contributed by atoms with E-state index in [1.165, 1.54) is 17.8 Å². The average Bonchev–Trinajstić information content (AvgIpc) is 2.40. The number of hydrogen-bond donors (Lipinski definition) is 0. The van der Waals surface area contributed by atoms with E-state index in [1.54, 1.807) is 12.1 Å². The Hall–Kier alpha value is -1.13. The molecule has 0 spiro atoms. The van der Waals surface area contributed by atoms with Gasteiger partial charge in [-0.1, -0.05) is 27.6 Å². The zero-order valence-corrected chi connectivity index (χ0v) is 12.7. The van der Waals surface area contributed by atoms with Gasteiger partial charge in [-0.2, -0.15) is 0 Å². The van der Waals surface area contributed by atoms with Gasteiger partial charge in [0.1, 0.15) is 5.82 Å². The van der Waals surface area contributed by atoms with E-state index in [0.717, 1.165) is 14.9 Å². The van der Waals surface area contributed by atoms with Crippen LogP contribution in [0.5, 0.6) is 0 Å². The van der Waals surface area contributed by atoms with Crippen molar-refractivity contribution in [2.75, 3.05) is 5.75 Å². The van der Waals surface area contributed by atoms with Crippen molar-refractivity contribution >= 4 is 33.5 Å². The van der Waals surface area contributed by atoms with E-state index in [9.17, 15) is 9.18 Å². The third kappa shape index (κ3) is 3.91. The van der Waals surface area contributed by atoms with Crippen LogP contribution >= 0.6 is 27.7 Å². The average molecular weight is 339 g/mol. The molecule has 0 amide bonds. The van der Waals surface area contributed by atoms with Gasteiger partial charge in [-0.05, 0) is 43.3 Å². The number of rotatable bonds is 4. The van der Waals surface area contributed by atoms with Crippen molar-refractivity contribution in [1.82, 2.24) is 0 Å². The lowest BCUT2D eigenvalue weighted by Crippen LogP contribution is -2.05. The Morgan fingerprint density at radius 2 is 1.89 bits per heavy atom. The Balaban J connectivity index is 2.05. The zero-order valence-electron chi connectivity index (χ0n) is 10.3. The lowest BCUT2D eigenvalue weighted by atomic mass is 10.1. The molecule has 0 saturated heterocycles. The van der Waals surface area contributed by atoms with E-state index < -0.39 is 5.82 Å². The van der Waals surface area contributed by atoms with E-state index in [2.05, 4.69) is 15.9 Å². The maximum atomic E-state index is 13.6. The fourth-order valence-electron chi connectivity index (χ4n) is 1.61. The van der Waals surface area contributed by atoms with Gasteiger partial charge in [0.15, 0.2) is 5.78 Å². The highest BCUT2D eigenvalue weighted by Crippen LogP contribution is 2.22. The normalized spacial score (nSPS) is 10.5. The van der Waals surface area contributed by atoms with Gasteiger partial charge in [-0.15, -0.1) is 11.8 Å². The maximum absolute atomic E-state index is 13.6. The fourth-order valence-corrected chi connectivity index (χ4v) is 2.66. The van der Waals surface area contributed by atoms with Crippen LogP contribution in [-0.4, -0.2) is 11.5 Å². The first-order valence-corrected chi connectivity index (χ1v) is 7.52. The lowest BCUT2D eigenvalue weighted by Gasteiger charge is -2.04. The van der Waals surface area contributed by atoms with Gasteiger partial charge in [-0.25, -0.2) is 4.39 Å². The van der Waals surface area contributed by atoms with Crippen LogP contribution in [0.25, 0.3) is 0 Å². The summed E-state index contributed by atoms with van der Waals surface area (Å²) in [5, 5.41) is 0. The number of halogens is 2. The van der Waals surface area contributed by atoms with Gasteiger partial charge in [0.25, 0.3) is 0 Å². The SMILES string of the molecule is Cc1ccc(F)c(C(=O)CSc2ccc(Br)cc2)c1. The molecule has 0 aliphatic rings. The quantitative estimate of drug-likeness (QED) is 0.584. The second-order valence-electron chi connectivity index (χ2n) is 4.15. The minimum atomic E-state index is -0.452. The van der Waals surface area contributed by atoms with Gasteiger partial charge in [0, 0.05) is 9.37 Å². The number of thioether (sulfide) groups is 1. The van der Waals surface area contributed by atoms with E-state index >= 15 is 0 Å². The van der Waals surface area contributed by atoms with Crippen molar-refractivity contribution in [3.8, 4) is 0 Å². The minimum Gasteiger partial charge on any atom is -0.293 e. The molecule has 0 atom stereocenters. The van der Waals surface area contributed by atoms with Crippen LogP contribution in [0.2, 0.25) is 0 Å². The second kappa shape index (κ2) is 6.35. The van der Waals surface area contributed by atoms with Gasteiger partial charge in [-0.3, -0.25) is 4.79 Å². The van der Waals surface area contributed by atoms with E-state index in [4.69, 9.17) is 0 Å². The van der Waals surface area contributed by atoms with Crippen molar-refractivity contribution in [3.63, 3.8) is 0 Å².